The zero-order valence-electron chi connectivity index (χ0n) is 18.3. The summed E-state index contributed by atoms with van der Waals surface area (Å²) in [6.45, 7) is 5.45. The SMILES string of the molecule is CN=C(NCc1ccc(N2CCN(C)CC2)nc1)NCC1CC(=O)Nc2ccccc21. The third kappa shape index (κ3) is 5.32. The number of nitrogens with zero attached hydrogens (tertiary/aromatic N) is 4. The van der Waals surface area contributed by atoms with E-state index in [1.54, 1.807) is 7.05 Å². The lowest BCUT2D eigenvalue weighted by Crippen LogP contribution is -2.44. The number of carbonyl (C=O) groups excluding carboxylic acids is 1. The molecule has 4 rings (SSSR count). The number of benzene rings is 1. The molecule has 2 aliphatic rings. The van der Waals surface area contributed by atoms with Crippen LogP contribution in [0.25, 0.3) is 0 Å². The summed E-state index contributed by atoms with van der Waals surface area (Å²) in [6, 6.07) is 12.2. The van der Waals surface area contributed by atoms with Crippen LogP contribution in [0.4, 0.5) is 11.5 Å². The van der Waals surface area contributed by atoms with Crippen molar-refractivity contribution in [2.75, 3.05) is 57.0 Å². The van der Waals surface area contributed by atoms with E-state index in [-0.39, 0.29) is 11.8 Å². The number of piperazine rings is 1. The van der Waals surface area contributed by atoms with Crippen LogP contribution in [0.15, 0.2) is 47.6 Å². The summed E-state index contributed by atoms with van der Waals surface area (Å²) >= 11 is 0. The largest absolute Gasteiger partial charge is 0.356 e. The van der Waals surface area contributed by atoms with E-state index in [1.807, 2.05) is 24.4 Å². The maximum Gasteiger partial charge on any atom is 0.225 e. The van der Waals surface area contributed by atoms with Crippen molar-refractivity contribution in [2.45, 2.75) is 18.9 Å². The molecule has 164 valence electrons. The topological polar surface area (TPSA) is 84.9 Å². The fourth-order valence-corrected chi connectivity index (χ4v) is 4.05. The van der Waals surface area contributed by atoms with Crippen LogP contribution in [-0.4, -0.2) is 68.6 Å². The van der Waals surface area contributed by atoms with Gasteiger partial charge < -0.3 is 25.8 Å². The summed E-state index contributed by atoms with van der Waals surface area (Å²) in [5.41, 5.74) is 3.16. The second kappa shape index (κ2) is 9.78. The minimum absolute atomic E-state index is 0.0555. The monoisotopic (exact) mass is 421 g/mol. The first-order chi connectivity index (χ1) is 15.1. The Morgan fingerprint density at radius 1 is 1.16 bits per heavy atom. The smallest absolute Gasteiger partial charge is 0.225 e. The van der Waals surface area contributed by atoms with E-state index in [4.69, 9.17) is 0 Å². The molecular formula is C23H31N7O. The first-order valence-corrected chi connectivity index (χ1v) is 10.8. The van der Waals surface area contributed by atoms with Crippen molar-refractivity contribution in [3.63, 3.8) is 0 Å². The molecular weight excluding hydrogens is 390 g/mol. The Morgan fingerprint density at radius 3 is 2.71 bits per heavy atom. The molecule has 1 amide bonds. The molecule has 31 heavy (non-hydrogen) atoms. The summed E-state index contributed by atoms with van der Waals surface area (Å²) in [4.78, 5) is 25.7. The van der Waals surface area contributed by atoms with Crippen LogP contribution in [0, 0.1) is 0 Å². The van der Waals surface area contributed by atoms with Crippen LogP contribution in [-0.2, 0) is 11.3 Å². The molecule has 8 heteroatoms. The number of hydrogen-bond acceptors (Lipinski definition) is 5. The highest BCUT2D eigenvalue weighted by Gasteiger charge is 2.24. The minimum atomic E-state index is 0.0555. The van der Waals surface area contributed by atoms with Gasteiger partial charge in [-0.15, -0.1) is 0 Å². The van der Waals surface area contributed by atoms with Crippen LogP contribution in [0.1, 0.15) is 23.5 Å². The normalized spacial score (nSPS) is 19.5. The molecule has 1 aromatic heterocycles. The van der Waals surface area contributed by atoms with E-state index < -0.39 is 0 Å². The standard InChI is InChI=1S/C23H31N7O/c1-24-23(27-16-18-13-22(31)28-20-6-4-3-5-19(18)20)26-15-17-7-8-21(25-14-17)30-11-9-29(2)10-12-30/h3-8,14,18H,9-13,15-16H2,1-2H3,(H,28,31)(H2,24,26,27). The van der Waals surface area contributed by atoms with Gasteiger partial charge in [0.2, 0.25) is 5.91 Å². The van der Waals surface area contributed by atoms with Crippen molar-refractivity contribution >= 4 is 23.4 Å². The van der Waals surface area contributed by atoms with Gasteiger partial charge in [0.05, 0.1) is 0 Å². The van der Waals surface area contributed by atoms with Crippen molar-refractivity contribution in [1.82, 2.24) is 20.5 Å². The van der Waals surface area contributed by atoms with Crippen LogP contribution >= 0.6 is 0 Å². The highest BCUT2D eigenvalue weighted by molar-refractivity contribution is 5.94. The van der Waals surface area contributed by atoms with Gasteiger partial charge >= 0.3 is 0 Å². The molecule has 0 saturated carbocycles. The number of nitrogens with one attached hydrogen (secondary N) is 3. The molecule has 8 nitrogen and oxygen atoms in total. The number of likely N-dealkylation sites (N-methyl/N-ethyl adjacent to an activating group) is 1. The molecule has 1 fully saturated rings. The second-order valence-electron chi connectivity index (χ2n) is 8.16. The number of fused-ring (bicyclic) bond motifs is 1. The molecule has 1 aromatic carbocycles. The number of hydrogen-bond donors (Lipinski definition) is 3. The fourth-order valence-electron chi connectivity index (χ4n) is 4.05. The van der Waals surface area contributed by atoms with E-state index >= 15 is 0 Å². The number of pyridine rings is 1. The van der Waals surface area contributed by atoms with Gasteiger partial charge in [-0.2, -0.15) is 0 Å². The summed E-state index contributed by atoms with van der Waals surface area (Å²) < 4.78 is 0. The first-order valence-electron chi connectivity index (χ1n) is 10.8. The Balaban J connectivity index is 1.29. The van der Waals surface area contributed by atoms with Gasteiger partial charge in [0.15, 0.2) is 5.96 Å². The van der Waals surface area contributed by atoms with E-state index in [2.05, 4.69) is 61.0 Å². The summed E-state index contributed by atoms with van der Waals surface area (Å²) in [5.74, 6) is 1.92. The maximum absolute atomic E-state index is 12.0. The van der Waals surface area contributed by atoms with Gasteiger partial charge in [0.25, 0.3) is 0 Å². The van der Waals surface area contributed by atoms with Gasteiger partial charge in [-0.25, -0.2) is 4.98 Å². The average Bonchev–Trinajstić information content (AvgIpc) is 2.80. The van der Waals surface area contributed by atoms with Gasteiger partial charge in [-0.05, 0) is 30.3 Å². The Kier molecular flexibility index (Phi) is 6.66. The van der Waals surface area contributed by atoms with Gasteiger partial charge in [0, 0.05) is 70.5 Å². The molecule has 0 aliphatic carbocycles. The first kappa shape index (κ1) is 21.1. The molecule has 1 saturated heterocycles. The summed E-state index contributed by atoms with van der Waals surface area (Å²) in [6.07, 6.45) is 2.40. The number of rotatable bonds is 5. The van der Waals surface area contributed by atoms with Crippen LogP contribution in [0.5, 0.6) is 0 Å². The van der Waals surface area contributed by atoms with E-state index in [9.17, 15) is 4.79 Å². The van der Waals surface area contributed by atoms with Crippen molar-refractivity contribution in [1.29, 1.82) is 0 Å². The van der Waals surface area contributed by atoms with E-state index in [1.165, 1.54) is 0 Å². The summed E-state index contributed by atoms with van der Waals surface area (Å²) in [5, 5.41) is 9.65. The number of aromatic nitrogens is 1. The Labute approximate surface area is 183 Å². The van der Waals surface area contributed by atoms with E-state index in [0.717, 1.165) is 48.8 Å². The molecule has 2 aromatic rings. The maximum atomic E-state index is 12.0. The quantitative estimate of drug-likeness (QED) is 0.503. The van der Waals surface area contributed by atoms with Gasteiger partial charge in [-0.1, -0.05) is 24.3 Å². The van der Waals surface area contributed by atoms with Gasteiger partial charge in [-0.3, -0.25) is 9.79 Å². The second-order valence-corrected chi connectivity index (χ2v) is 8.16. The average molecular weight is 422 g/mol. The Morgan fingerprint density at radius 2 is 1.97 bits per heavy atom. The van der Waals surface area contributed by atoms with Crippen LogP contribution in [0.2, 0.25) is 0 Å². The summed E-state index contributed by atoms with van der Waals surface area (Å²) in [7, 11) is 3.91. The van der Waals surface area contributed by atoms with Crippen molar-refractivity contribution in [2.24, 2.45) is 4.99 Å². The predicted octanol–water partition coefficient (Wildman–Crippen LogP) is 1.62. The van der Waals surface area contributed by atoms with Crippen molar-refractivity contribution in [3.05, 3.63) is 53.7 Å². The molecule has 0 spiro atoms. The molecule has 3 N–H and O–H groups in total. The molecule has 2 aliphatic heterocycles. The van der Waals surface area contributed by atoms with Gasteiger partial charge in [0.1, 0.15) is 5.82 Å². The molecule has 0 bridgehead atoms. The highest BCUT2D eigenvalue weighted by Crippen LogP contribution is 2.31. The number of anilines is 2. The number of amides is 1. The zero-order valence-corrected chi connectivity index (χ0v) is 18.3. The Hall–Kier alpha value is -3.13. The third-order valence-electron chi connectivity index (χ3n) is 5.94. The molecule has 1 unspecified atom stereocenters. The lowest BCUT2D eigenvalue weighted by molar-refractivity contribution is -0.116. The number of carbonyl (C=O) groups is 1. The fraction of sp³-hybridized carbons (Fsp3) is 0.435. The lowest BCUT2D eigenvalue weighted by Gasteiger charge is -2.33. The highest BCUT2D eigenvalue weighted by atomic mass is 16.1. The van der Waals surface area contributed by atoms with Crippen molar-refractivity contribution < 1.29 is 4.79 Å². The minimum Gasteiger partial charge on any atom is -0.356 e. The molecule has 0 radical (unpaired) electrons. The molecule has 1 atom stereocenters. The predicted molar refractivity (Wildman–Crippen MR) is 125 cm³/mol. The third-order valence-corrected chi connectivity index (χ3v) is 5.94. The number of aliphatic imine (C=N–C) groups is 1. The van der Waals surface area contributed by atoms with E-state index in [0.29, 0.717) is 25.5 Å². The number of guanidine groups is 1. The van der Waals surface area contributed by atoms with Crippen LogP contribution < -0.4 is 20.9 Å². The molecule has 3 heterocycles. The zero-order chi connectivity index (χ0) is 21.6. The number of para-hydroxylation sites is 1. The Bertz CT molecular complexity index is 920. The van der Waals surface area contributed by atoms with Crippen LogP contribution in [0.3, 0.4) is 0 Å². The lowest BCUT2D eigenvalue weighted by atomic mass is 9.90. The van der Waals surface area contributed by atoms with Crippen molar-refractivity contribution in [3.8, 4) is 0 Å².